The van der Waals surface area contributed by atoms with Crippen LogP contribution in [0.5, 0.6) is 0 Å². The molecule has 0 N–H and O–H groups in total. The number of hydrogen-bond donors (Lipinski definition) is 0. The van der Waals surface area contributed by atoms with Crippen LogP contribution < -0.4 is 4.90 Å². The Bertz CT molecular complexity index is 321. The van der Waals surface area contributed by atoms with E-state index in [9.17, 15) is 0 Å². The zero-order valence-corrected chi connectivity index (χ0v) is 12.2. The lowest BCUT2D eigenvalue weighted by Crippen LogP contribution is -2.34. The van der Waals surface area contributed by atoms with Gasteiger partial charge in [0.2, 0.25) is 0 Å². The Labute approximate surface area is 110 Å². The van der Waals surface area contributed by atoms with Crippen LogP contribution in [0.1, 0.15) is 38.3 Å². The van der Waals surface area contributed by atoms with E-state index < -0.39 is 0 Å². The third-order valence-electron chi connectivity index (χ3n) is 3.24. The lowest BCUT2D eigenvalue weighted by molar-refractivity contribution is 0.620. The van der Waals surface area contributed by atoms with Gasteiger partial charge < -0.3 is 4.90 Å². The molecule has 0 aromatic carbocycles. The van der Waals surface area contributed by atoms with Crippen molar-refractivity contribution in [1.29, 1.82) is 0 Å². The summed E-state index contributed by atoms with van der Waals surface area (Å²) in [6, 6.07) is 0.730. The molecule has 1 aromatic rings. The topological polar surface area (TPSA) is 16.1 Å². The van der Waals surface area contributed by atoms with E-state index >= 15 is 0 Å². The molecule has 0 unspecified atom stereocenters. The van der Waals surface area contributed by atoms with Gasteiger partial charge in [-0.3, -0.25) is 0 Å². The molecular weight excluding hydrogens is 284 g/mol. The Morgan fingerprint density at radius 1 is 1.50 bits per heavy atom. The number of hydrogen-bond acceptors (Lipinski definition) is 3. The third-order valence-corrected chi connectivity index (χ3v) is 4.52. The maximum atomic E-state index is 4.72. The number of anilines is 1. The van der Waals surface area contributed by atoms with Crippen molar-refractivity contribution in [3.8, 4) is 0 Å². The van der Waals surface area contributed by atoms with E-state index in [0.717, 1.165) is 24.3 Å². The molecule has 0 spiro atoms. The van der Waals surface area contributed by atoms with Crippen LogP contribution in [0.25, 0.3) is 0 Å². The predicted molar refractivity (Wildman–Crippen MR) is 74.9 cm³/mol. The summed E-state index contributed by atoms with van der Waals surface area (Å²) < 4.78 is 0. The second-order valence-electron chi connectivity index (χ2n) is 4.30. The van der Waals surface area contributed by atoms with Crippen molar-refractivity contribution < 1.29 is 0 Å². The fourth-order valence-corrected chi connectivity index (χ4v) is 3.72. The standard InChI is InChI=1S/C12H19BrN2S/c1-2-10-9-16-12(14-10)15(8-7-13)11-5-3-4-6-11/h9,11H,2-8H2,1H3. The Kier molecular flexibility index (Phi) is 4.65. The average Bonchev–Trinajstić information content (AvgIpc) is 2.97. The van der Waals surface area contributed by atoms with Crippen molar-refractivity contribution in [3.05, 3.63) is 11.1 Å². The summed E-state index contributed by atoms with van der Waals surface area (Å²) in [5.74, 6) is 0. The molecule has 4 heteroatoms. The van der Waals surface area contributed by atoms with Crippen LogP contribution in [0.2, 0.25) is 0 Å². The van der Waals surface area contributed by atoms with Crippen molar-refractivity contribution in [1.82, 2.24) is 4.98 Å². The molecule has 0 amide bonds. The molecule has 2 rings (SSSR count). The van der Waals surface area contributed by atoms with Crippen LogP contribution in [0.15, 0.2) is 5.38 Å². The zero-order chi connectivity index (χ0) is 11.4. The van der Waals surface area contributed by atoms with Crippen LogP contribution in [0, 0.1) is 0 Å². The minimum absolute atomic E-state index is 0.730. The van der Waals surface area contributed by atoms with Crippen LogP contribution >= 0.6 is 27.3 Å². The van der Waals surface area contributed by atoms with E-state index in [1.807, 2.05) is 0 Å². The van der Waals surface area contributed by atoms with Gasteiger partial charge in [-0.1, -0.05) is 35.7 Å². The maximum Gasteiger partial charge on any atom is 0.185 e. The van der Waals surface area contributed by atoms with Gasteiger partial charge in [0.05, 0.1) is 5.69 Å². The molecule has 1 fully saturated rings. The summed E-state index contributed by atoms with van der Waals surface area (Å²) in [4.78, 5) is 7.22. The fraction of sp³-hybridized carbons (Fsp3) is 0.750. The first-order valence-electron chi connectivity index (χ1n) is 6.12. The van der Waals surface area contributed by atoms with Gasteiger partial charge in [0, 0.05) is 23.3 Å². The minimum Gasteiger partial charge on any atom is -0.344 e. The van der Waals surface area contributed by atoms with Gasteiger partial charge in [0.25, 0.3) is 0 Å². The van der Waals surface area contributed by atoms with Crippen LogP contribution in [-0.4, -0.2) is 22.9 Å². The number of nitrogens with zero attached hydrogens (tertiary/aromatic N) is 2. The lowest BCUT2D eigenvalue weighted by atomic mass is 10.2. The fourth-order valence-electron chi connectivity index (χ4n) is 2.33. The molecular formula is C12H19BrN2S. The van der Waals surface area contributed by atoms with E-state index in [0.29, 0.717) is 0 Å². The van der Waals surface area contributed by atoms with Crippen LogP contribution in [0.3, 0.4) is 0 Å². The second-order valence-corrected chi connectivity index (χ2v) is 5.93. The van der Waals surface area contributed by atoms with Gasteiger partial charge in [-0.05, 0) is 19.3 Å². The first kappa shape index (κ1) is 12.4. The number of aryl methyl sites for hydroxylation is 1. The van der Waals surface area contributed by atoms with E-state index in [2.05, 4.69) is 33.1 Å². The van der Waals surface area contributed by atoms with Gasteiger partial charge in [-0.2, -0.15) is 0 Å². The average molecular weight is 303 g/mol. The Hall–Kier alpha value is -0.0900. The predicted octanol–water partition coefficient (Wildman–Crippen LogP) is 3.85. The number of rotatable bonds is 5. The minimum atomic E-state index is 0.730. The maximum absolute atomic E-state index is 4.72. The monoisotopic (exact) mass is 302 g/mol. The van der Waals surface area contributed by atoms with Crippen molar-refractivity contribution >= 4 is 32.4 Å². The van der Waals surface area contributed by atoms with E-state index in [-0.39, 0.29) is 0 Å². The molecule has 0 saturated heterocycles. The Morgan fingerprint density at radius 3 is 2.81 bits per heavy atom. The summed E-state index contributed by atoms with van der Waals surface area (Å²) in [5, 5.41) is 4.46. The number of alkyl halides is 1. The largest absolute Gasteiger partial charge is 0.344 e. The summed E-state index contributed by atoms with van der Waals surface area (Å²) >= 11 is 5.36. The first-order valence-corrected chi connectivity index (χ1v) is 8.12. The smallest absolute Gasteiger partial charge is 0.185 e. The second kappa shape index (κ2) is 6.01. The molecule has 1 saturated carbocycles. The summed E-state index contributed by atoms with van der Waals surface area (Å²) in [6.07, 6.45) is 6.50. The van der Waals surface area contributed by atoms with Gasteiger partial charge in [-0.25, -0.2) is 4.98 Å². The van der Waals surface area contributed by atoms with E-state index in [4.69, 9.17) is 4.98 Å². The highest BCUT2D eigenvalue weighted by atomic mass is 79.9. The Balaban J connectivity index is 2.10. The SMILES string of the molecule is CCc1csc(N(CCBr)C2CCCC2)n1. The molecule has 0 radical (unpaired) electrons. The third kappa shape index (κ3) is 2.77. The number of aromatic nitrogens is 1. The summed E-state index contributed by atoms with van der Waals surface area (Å²) in [6.45, 7) is 3.25. The molecule has 1 aromatic heterocycles. The van der Waals surface area contributed by atoms with Crippen molar-refractivity contribution in [2.45, 2.75) is 45.1 Å². The highest BCUT2D eigenvalue weighted by Gasteiger charge is 2.24. The quantitative estimate of drug-likeness (QED) is 0.768. The number of halogens is 1. The highest BCUT2D eigenvalue weighted by molar-refractivity contribution is 9.09. The van der Waals surface area contributed by atoms with Gasteiger partial charge >= 0.3 is 0 Å². The van der Waals surface area contributed by atoms with Crippen molar-refractivity contribution in [3.63, 3.8) is 0 Å². The highest BCUT2D eigenvalue weighted by Crippen LogP contribution is 2.30. The molecule has 0 aliphatic heterocycles. The van der Waals surface area contributed by atoms with Gasteiger partial charge in [0.1, 0.15) is 0 Å². The molecule has 16 heavy (non-hydrogen) atoms. The van der Waals surface area contributed by atoms with Crippen molar-refractivity contribution in [2.75, 3.05) is 16.8 Å². The van der Waals surface area contributed by atoms with Crippen LogP contribution in [0.4, 0.5) is 5.13 Å². The molecule has 1 aliphatic rings. The summed E-state index contributed by atoms with van der Waals surface area (Å²) in [5.41, 5.74) is 1.23. The first-order chi connectivity index (χ1) is 7.85. The van der Waals surface area contributed by atoms with Gasteiger partial charge in [0.15, 0.2) is 5.13 Å². The number of thiazole rings is 1. The van der Waals surface area contributed by atoms with Crippen molar-refractivity contribution in [2.24, 2.45) is 0 Å². The van der Waals surface area contributed by atoms with E-state index in [1.165, 1.54) is 36.5 Å². The molecule has 0 atom stereocenters. The molecule has 1 aliphatic carbocycles. The lowest BCUT2D eigenvalue weighted by Gasteiger charge is -2.27. The normalized spacial score (nSPS) is 16.9. The molecule has 2 nitrogen and oxygen atoms in total. The van der Waals surface area contributed by atoms with Gasteiger partial charge in [-0.15, -0.1) is 11.3 Å². The van der Waals surface area contributed by atoms with E-state index in [1.54, 1.807) is 11.3 Å². The molecule has 90 valence electrons. The summed E-state index contributed by atoms with van der Waals surface area (Å²) in [7, 11) is 0. The molecule has 1 heterocycles. The van der Waals surface area contributed by atoms with Crippen LogP contribution in [-0.2, 0) is 6.42 Å². The Morgan fingerprint density at radius 2 is 2.25 bits per heavy atom. The molecule has 0 bridgehead atoms. The zero-order valence-electron chi connectivity index (χ0n) is 9.79.